The maximum atomic E-state index is 5.74. The van der Waals surface area contributed by atoms with E-state index >= 15 is 0 Å². The molecular weight excluding hydrogens is 656 g/mol. The second kappa shape index (κ2) is 16.5. The van der Waals surface area contributed by atoms with Gasteiger partial charge in [0.2, 0.25) is 0 Å². The van der Waals surface area contributed by atoms with E-state index in [9.17, 15) is 0 Å². The Hall–Kier alpha value is -3.12. The lowest BCUT2D eigenvalue weighted by atomic mass is 10.1. The number of nitrogens with two attached hydrogens (primary N) is 2. The van der Waals surface area contributed by atoms with Gasteiger partial charge >= 0.3 is 0 Å². The molecule has 0 saturated heterocycles. The molecule has 8 unspecified atom stereocenters. The predicted octanol–water partition coefficient (Wildman–Crippen LogP) is 10.5. The molecule has 5 heteroatoms. The largest absolute Gasteiger partial charge is 0.497 e. The first-order chi connectivity index (χ1) is 23.0. The minimum atomic E-state index is 0.265. The van der Waals surface area contributed by atoms with Gasteiger partial charge in [0.05, 0.1) is 13.2 Å². The van der Waals surface area contributed by atoms with E-state index in [1.165, 1.54) is 40.7 Å². The van der Waals surface area contributed by atoms with Crippen molar-refractivity contribution in [1.82, 2.24) is 0 Å². The number of rotatable bonds is 7. The van der Waals surface area contributed by atoms with E-state index in [0.717, 1.165) is 52.5 Å². The summed E-state index contributed by atoms with van der Waals surface area (Å²) in [6, 6.07) is 34.9. The Kier molecular flexibility index (Phi) is 12.4. The van der Waals surface area contributed by atoms with Gasteiger partial charge in [0.25, 0.3) is 0 Å². The second-order valence-corrected chi connectivity index (χ2v) is 15.5. The highest BCUT2D eigenvalue weighted by Crippen LogP contribution is 2.47. The molecular formula is C43H55BrN2O2. The molecule has 4 aliphatic rings. The summed E-state index contributed by atoms with van der Waals surface area (Å²) in [5.74, 6) is 6.60. The quantitative estimate of drug-likeness (QED) is 0.200. The lowest BCUT2D eigenvalue weighted by molar-refractivity contribution is 0.242. The molecule has 4 nitrogen and oxygen atoms in total. The summed E-state index contributed by atoms with van der Waals surface area (Å²) >= 11 is 3.40. The van der Waals surface area contributed by atoms with Crippen molar-refractivity contribution in [3.05, 3.63) is 129 Å². The zero-order chi connectivity index (χ0) is 34.4. The summed E-state index contributed by atoms with van der Waals surface area (Å²) in [6.45, 7) is 10.9. The average Bonchev–Trinajstić information content (AvgIpc) is 3.92. The summed E-state index contributed by atoms with van der Waals surface area (Å²) in [4.78, 5) is 0. The summed E-state index contributed by atoms with van der Waals surface area (Å²) in [5, 5.41) is 0. The van der Waals surface area contributed by atoms with Gasteiger partial charge in [0.15, 0.2) is 0 Å². The first kappa shape index (κ1) is 36.2. The highest BCUT2D eigenvalue weighted by Gasteiger charge is 2.36. The second-order valence-electron chi connectivity index (χ2n) is 14.6. The van der Waals surface area contributed by atoms with E-state index in [4.69, 9.17) is 20.9 Å². The minimum Gasteiger partial charge on any atom is -0.497 e. The molecule has 0 aliphatic heterocycles. The van der Waals surface area contributed by atoms with Crippen molar-refractivity contribution in [3.8, 4) is 11.5 Å². The highest BCUT2D eigenvalue weighted by molar-refractivity contribution is 9.10. The van der Waals surface area contributed by atoms with Gasteiger partial charge in [-0.05, 0) is 129 Å². The van der Waals surface area contributed by atoms with Gasteiger partial charge in [-0.1, -0.05) is 96.0 Å². The normalized spacial score (nSPS) is 27.1. The van der Waals surface area contributed by atoms with Crippen LogP contribution in [0, 0.1) is 18.8 Å². The van der Waals surface area contributed by atoms with Crippen LogP contribution in [0.4, 0.5) is 0 Å². The molecule has 8 atom stereocenters. The van der Waals surface area contributed by atoms with Gasteiger partial charge in [0, 0.05) is 28.4 Å². The Balaban J connectivity index is 0.000000126. The maximum Gasteiger partial charge on any atom is 0.119 e. The Morgan fingerprint density at radius 3 is 1.23 bits per heavy atom. The molecule has 8 rings (SSSR count). The number of benzene rings is 4. The predicted molar refractivity (Wildman–Crippen MR) is 204 cm³/mol. The molecule has 48 heavy (non-hydrogen) atoms. The first-order valence-corrected chi connectivity index (χ1v) is 18.5. The number of ether oxygens (including phenoxy) is 2. The molecule has 4 aliphatic carbocycles. The lowest BCUT2D eigenvalue weighted by Gasteiger charge is -2.09. The third kappa shape index (κ3) is 10.9. The number of methoxy groups -OCH3 is 1. The van der Waals surface area contributed by atoms with Crippen LogP contribution in [-0.2, 0) is 0 Å². The summed E-state index contributed by atoms with van der Waals surface area (Å²) in [5.41, 5.74) is 18.5. The Morgan fingerprint density at radius 1 is 0.562 bits per heavy atom. The topological polar surface area (TPSA) is 70.5 Å². The van der Waals surface area contributed by atoms with E-state index in [-0.39, 0.29) is 6.10 Å². The molecule has 4 aromatic rings. The fourth-order valence-corrected chi connectivity index (χ4v) is 6.47. The molecule has 0 heterocycles. The zero-order valence-electron chi connectivity index (χ0n) is 29.6. The number of aryl methyl sites for hydroxylation is 1. The van der Waals surface area contributed by atoms with Crippen LogP contribution in [0.25, 0.3) is 0 Å². The average molecular weight is 712 g/mol. The van der Waals surface area contributed by atoms with Crippen LogP contribution >= 0.6 is 15.9 Å². The van der Waals surface area contributed by atoms with Crippen LogP contribution in [0.15, 0.2) is 102 Å². The van der Waals surface area contributed by atoms with E-state index in [1.807, 2.05) is 12.1 Å². The van der Waals surface area contributed by atoms with Crippen LogP contribution in [0.2, 0.25) is 0 Å². The smallest absolute Gasteiger partial charge is 0.119 e. The third-order valence-corrected chi connectivity index (χ3v) is 10.5. The van der Waals surface area contributed by atoms with Gasteiger partial charge < -0.3 is 20.9 Å². The maximum absolute atomic E-state index is 5.74. The van der Waals surface area contributed by atoms with Crippen molar-refractivity contribution >= 4 is 15.9 Å². The first-order valence-electron chi connectivity index (χ1n) is 17.8. The van der Waals surface area contributed by atoms with Crippen LogP contribution in [0.3, 0.4) is 0 Å². The number of hydrogen-bond donors (Lipinski definition) is 2. The minimum absolute atomic E-state index is 0.265. The molecule has 0 spiro atoms. The van der Waals surface area contributed by atoms with Crippen molar-refractivity contribution in [2.24, 2.45) is 23.3 Å². The van der Waals surface area contributed by atoms with Crippen molar-refractivity contribution in [1.29, 1.82) is 0 Å². The van der Waals surface area contributed by atoms with Crippen molar-refractivity contribution in [2.45, 2.75) is 102 Å². The standard InChI is InChI=1S/C13H18O.C11H14.C10H13NO.C9H10BrN/c1-9(2)14-12-6-4-11(5-7-12)13-8-10(13)3;1-8-3-5-10(6-4-8)11-7-9(11)2;1-12-8-4-2-7(3-5-8)9-6-10(9)11;10-7-3-1-6(2-4-7)8-5-9(8)11/h4-7,9-10,13H,8H2,1-3H3;3-6,9,11H,7H2,1-2H3;2-5,9-10H,6,11H2,1H3;1-4,8-9H,5,11H2. The van der Waals surface area contributed by atoms with E-state index < -0.39 is 0 Å². The van der Waals surface area contributed by atoms with Crippen molar-refractivity contribution < 1.29 is 9.47 Å². The number of hydrogen-bond acceptors (Lipinski definition) is 4. The van der Waals surface area contributed by atoms with Gasteiger partial charge in [-0.15, -0.1) is 0 Å². The molecule has 256 valence electrons. The summed E-state index contributed by atoms with van der Waals surface area (Å²) < 4.78 is 11.8. The van der Waals surface area contributed by atoms with E-state index in [0.29, 0.717) is 23.9 Å². The Labute approximate surface area is 297 Å². The molecule has 0 amide bonds. The van der Waals surface area contributed by atoms with Gasteiger partial charge in [-0.3, -0.25) is 0 Å². The summed E-state index contributed by atoms with van der Waals surface area (Å²) in [6.07, 6.45) is 5.29. The van der Waals surface area contributed by atoms with Crippen LogP contribution in [0.1, 0.15) is 105 Å². The van der Waals surface area contributed by atoms with Crippen LogP contribution in [-0.4, -0.2) is 25.3 Å². The number of halogens is 1. The summed E-state index contributed by atoms with van der Waals surface area (Å²) in [7, 11) is 1.68. The van der Waals surface area contributed by atoms with E-state index in [1.54, 1.807) is 7.11 Å². The third-order valence-electron chi connectivity index (χ3n) is 9.93. The fraction of sp³-hybridized carbons (Fsp3) is 0.442. The van der Waals surface area contributed by atoms with Crippen LogP contribution in [0.5, 0.6) is 11.5 Å². The zero-order valence-corrected chi connectivity index (χ0v) is 31.2. The molecule has 0 bridgehead atoms. The Bertz CT molecular complexity index is 1500. The molecule has 4 fully saturated rings. The fourth-order valence-electron chi connectivity index (χ4n) is 6.21. The van der Waals surface area contributed by atoms with Crippen molar-refractivity contribution in [2.75, 3.05) is 7.11 Å². The van der Waals surface area contributed by atoms with Gasteiger partial charge in [-0.25, -0.2) is 0 Å². The SMILES string of the molecule is CC(C)Oc1ccc(C2CC2C)cc1.COc1ccc(C2CC2N)cc1.Cc1ccc(C2CC2C)cc1.NC1CC1c1ccc(Br)cc1. The highest BCUT2D eigenvalue weighted by atomic mass is 79.9. The van der Waals surface area contributed by atoms with Gasteiger partial charge in [0.1, 0.15) is 11.5 Å². The monoisotopic (exact) mass is 710 g/mol. The van der Waals surface area contributed by atoms with Gasteiger partial charge in [-0.2, -0.15) is 0 Å². The van der Waals surface area contributed by atoms with Crippen LogP contribution < -0.4 is 20.9 Å². The molecule has 4 saturated carbocycles. The molecule has 4 N–H and O–H groups in total. The lowest BCUT2D eigenvalue weighted by Crippen LogP contribution is -2.05. The molecule has 0 radical (unpaired) electrons. The van der Waals surface area contributed by atoms with Crippen molar-refractivity contribution in [3.63, 3.8) is 0 Å². The van der Waals surface area contributed by atoms with E-state index in [2.05, 4.69) is 135 Å². The molecule has 0 aromatic heterocycles. The molecule has 4 aromatic carbocycles. The Morgan fingerprint density at radius 2 is 0.896 bits per heavy atom.